The fourth-order valence-corrected chi connectivity index (χ4v) is 22.4. The van der Waals surface area contributed by atoms with Crippen molar-refractivity contribution in [1.82, 2.24) is 0 Å². The monoisotopic (exact) mass is 956 g/mol. The Hall–Kier alpha value is -4.92. The Labute approximate surface area is 382 Å². The molecule has 0 saturated heterocycles. The van der Waals surface area contributed by atoms with E-state index in [1.165, 1.54) is 68.1 Å². The maximum atomic E-state index is 7.32. The molecule has 0 bridgehead atoms. The zero-order chi connectivity index (χ0) is 42.0. The predicted molar refractivity (Wildman–Crippen MR) is 274 cm³/mol. The van der Waals surface area contributed by atoms with Gasteiger partial charge in [0.05, 0.1) is 12.1 Å². The maximum Gasteiger partial charge on any atom is 2.00 e. The van der Waals surface area contributed by atoms with Crippen LogP contribution in [-0.4, -0.2) is 11.8 Å². The second kappa shape index (κ2) is 28.6. The Balaban J connectivity index is 0.000000235. The van der Waals surface area contributed by atoms with Gasteiger partial charge in [-0.25, -0.2) is 0 Å². The van der Waals surface area contributed by atoms with E-state index in [0.29, 0.717) is 0 Å². The smallest absolute Gasteiger partial charge is 0.199 e. The minimum atomic E-state index is -0.847. The molecule has 0 unspecified atom stereocenters. The molecule has 7 heteroatoms. The van der Waals surface area contributed by atoms with Gasteiger partial charge in [-0.05, 0) is 97.1 Å². The fourth-order valence-electron chi connectivity index (χ4n) is 6.95. The van der Waals surface area contributed by atoms with E-state index in [4.69, 9.17) is 10.5 Å². The molecule has 0 aliphatic heterocycles. The second-order valence-electron chi connectivity index (χ2n) is 13.6. The number of benzene rings is 8. The first-order chi connectivity index (χ1) is 29.7. The van der Waals surface area contributed by atoms with Crippen LogP contribution in [0.2, 0.25) is 0 Å². The average molecular weight is 956 g/mol. The summed E-state index contributed by atoms with van der Waals surface area (Å²) in [6, 6.07) is 92.4. The summed E-state index contributed by atoms with van der Waals surface area (Å²) < 4.78 is 0. The Bertz CT molecular complexity index is 1920. The van der Waals surface area contributed by atoms with E-state index in [0.717, 1.165) is 0 Å². The summed E-state index contributed by atoms with van der Waals surface area (Å²) in [6.07, 6.45) is 0. The Morgan fingerprint density at radius 3 is 0.459 bits per heavy atom. The van der Waals surface area contributed by atoms with Crippen molar-refractivity contribution in [3.8, 4) is 12.1 Å². The van der Waals surface area contributed by atoms with Gasteiger partial charge in [0.25, 0.3) is 0 Å². The first kappa shape index (κ1) is 48.7. The molecule has 0 heterocycles. The van der Waals surface area contributed by atoms with Crippen molar-refractivity contribution >= 4 is 74.1 Å². The third-order valence-corrected chi connectivity index (χ3v) is 23.6. The van der Waals surface area contributed by atoms with Gasteiger partial charge < -0.3 is 0 Å². The van der Waals surface area contributed by atoms with Crippen molar-refractivity contribution in [2.75, 3.05) is 11.8 Å². The van der Waals surface area contributed by atoms with Crippen LogP contribution in [0.1, 0.15) is 13.8 Å². The van der Waals surface area contributed by atoms with Crippen molar-refractivity contribution in [1.29, 1.82) is 10.5 Å². The van der Waals surface area contributed by atoms with E-state index in [-0.39, 0.29) is 19.5 Å². The predicted octanol–water partition coefficient (Wildman–Crippen LogP) is 10.4. The molecule has 61 heavy (non-hydrogen) atoms. The Morgan fingerprint density at radius 2 is 0.361 bits per heavy atom. The van der Waals surface area contributed by atoms with Crippen LogP contribution in [-0.2, 0) is 19.5 Å². The zero-order valence-electron chi connectivity index (χ0n) is 34.8. The first-order valence-corrected chi connectivity index (χ1v) is 27.0. The van der Waals surface area contributed by atoms with E-state index >= 15 is 0 Å². The molecule has 0 aliphatic carbocycles. The van der Waals surface area contributed by atoms with Gasteiger partial charge >= 0.3 is 19.5 Å². The van der Waals surface area contributed by atoms with Crippen molar-refractivity contribution in [3.05, 3.63) is 243 Å². The van der Waals surface area contributed by atoms with Crippen LogP contribution >= 0.6 is 31.7 Å². The molecule has 8 aromatic rings. The summed E-state index contributed by atoms with van der Waals surface area (Å²) in [5.41, 5.74) is 0. The maximum absolute atomic E-state index is 7.32. The van der Waals surface area contributed by atoms with Crippen LogP contribution in [0.4, 0.5) is 0 Å². The first-order valence-electron chi connectivity index (χ1n) is 20.1. The molecule has 0 aromatic heterocycles. The van der Waals surface area contributed by atoms with Crippen LogP contribution in [0.25, 0.3) is 0 Å². The van der Waals surface area contributed by atoms with Gasteiger partial charge in [-0.15, -0.1) is 0 Å². The molecular formula is C54H54N2P4Ru+6. The van der Waals surface area contributed by atoms with Crippen LogP contribution in [0.3, 0.4) is 0 Å². The third-order valence-electron chi connectivity index (χ3n) is 9.69. The molecule has 0 N–H and O–H groups in total. The van der Waals surface area contributed by atoms with Crippen molar-refractivity contribution < 1.29 is 19.5 Å². The quantitative estimate of drug-likeness (QED) is 0.0905. The number of rotatable bonds is 12. The average Bonchev–Trinajstić information content (AvgIpc) is 3.33. The molecule has 0 radical (unpaired) electrons. The van der Waals surface area contributed by atoms with E-state index in [2.05, 4.69) is 243 Å². The molecule has 0 amide bonds. The normalized spacial score (nSPS) is 10.0. The largest absolute Gasteiger partial charge is 2.00 e. The van der Waals surface area contributed by atoms with E-state index in [9.17, 15) is 0 Å². The summed E-state index contributed by atoms with van der Waals surface area (Å²) in [6.45, 7) is 2.86. The molecule has 8 aromatic carbocycles. The summed E-state index contributed by atoms with van der Waals surface area (Å²) in [4.78, 5) is 0. The molecule has 0 spiro atoms. The summed E-state index contributed by atoms with van der Waals surface area (Å²) in [5, 5.41) is 26.7. The standard InChI is InChI=1S/2C25H22P2.2C2H3N.Ru/c2*1-5-13-22(14-6-1)26(23-15-7-2-8-16-23)21-27(24-17-9-3-10-18-24)25-19-11-4-12-20-25;2*1-2-3;/h2*1-20H,21H2;2*1H3;/q;;;;+2/p+4. The minimum absolute atomic E-state index is 0. The Kier molecular flexibility index (Phi) is 22.8. The van der Waals surface area contributed by atoms with Gasteiger partial charge in [0.1, 0.15) is 74.1 Å². The SMILES string of the molecule is CC#N.CC#N.[Ru+2].c1ccc([PH+](C[PH+](c2ccccc2)c2ccccc2)c2ccccc2)cc1.c1ccc([PH+](C[PH+](c2ccccc2)c2ccccc2)c2ccccc2)cc1. The van der Waals surface area contributed by atoms with E-state index in [1.54, 1.807) is 12.1 Å². The molecule has 2 nitrogen and oxygen atoms in total. The fraction of sp³-hybridized carbons (Fsp3) is 0.0741. The number of hydrogen-bond acceptors (Lipinski definition) is 2. The van der Waals surface area contributed by atoms with Crippen LogP contribution in [0.5, 0.6) is 0 Å². The van der Waals surface area contributed by atoms with Gasteiger partial charge in [0.2, 0.25) is 0 Å². The second-order valence-corrected chi connectivity index (χ2v) is 24.9. The van der Waals surface area contributed by atoms with E-state index < -0.39 is 31.7 Å². The number of hydrogen-bond donors (Lipinski definition) is 0. The third kappa shape index (κ3) is 15.8. The van der Waals surface area contributed by atoms with Gasteiger partial charge in [-0.3, -0.25) is 0 Å². The van der Waals surface area contributed by atoms with Crippen molar-refractivity contribution in [2.24, 2.45) is 0 Å². The summed E-state index contributed by atoms with van der Waals surface area (Å²) in [5.74, 6) is 2.49. The molecule has 0 atom stereocenters. The number of nitriles is 2. The van der Waals surface area contributed by atoms with Crippen molar-refractivity contribution in [2.45, 2.75) is 13.8 Å². The van der Waals surface area contributed by atoms with E-state index in [1.807, 2.05) is 0 Å². The summed E-state index contributed by atoms with van der Waals surface area (Å²) >= 11 is 0. The van der Waals surface area contributed by atoms with Gasteiger partial charge in [-0.2, -0.15) is 10.5 Å². The minimum Gasteiger partial charge on any atom is -0.199 e. The Morgan fingerprint density at radius 1 is 0.262 bits per heavy atom. The van der Waals surface area contributed by atoms with Gasteiger partial charge in [0, 0.05) is 13.8 Å². The van der Waals surface area contributed by atoms with Crippen LogP contribution in [0, 0.1) is 22.7 Å². The molecular weight excluding hydrogens is 902 g/mol. The molecule has 0 saturated carbocycles. The van der Waals surface area contributed by atoms with Crippen LogP contribution in [0.15, 0.2) is 243 Å². The molecule has 0 aliphatic rings. The molecule has 8 rings (SSSR count). The van der Waals surface area contributed by atoms with Crippen LogP contribution < -0.4 is 42.4 Å². The zero-order valence-corrected chi connectivity index (χ0v) is 40.5. The molecule has 0 fully saturated rings. The summed E-state index contributed by atoms with van der Waals surface area (Å²) in [7, 11) is -3.39. The van der Waals surface area contributed by atoms with Gasteiger partial charge in [0.15, 0.2) is 11.8 Å². The van der Waals surface area contributed by atoms with Crippen molar-refractivity contribution in [3.63, 3.8) is 0 Å². The topological polar surface area (TPSA) is 47.6 Å². The number of nitrogens with zero attached hydrogens (tertiary/aromatic N) is 2. The van der Waals surface area contributed by atoms with Gasteiger partial charge in [-0.1, -0.05) is 146 Å². The molecule has 302 valence electrons.